The maximum Gasteiger partial charge on any atom is 0.0820 e. The molecule has 0 aromatic heterocycles. The van der Waals surface area contributed by atoms with Crippen LogP contribution in [0.5, 0.6) is 0 Å². The lowest BCUT2D eigenvalue weighted by molar-refractivity contribution is 0.0750. The predicted octanol–water partition coefficient (Wildman–Crippen LogP) is 4.62. The number of aliphatic hydroxyl groups is 1. The van der Waals surface area contributed by atoms with Crippen molar-refractivity contribution < 1.29 is 5.11 Å². The Hall–Kier alpha value is -0.340. The lowest BCUT2D eigenvalue weighted by atomic mass is 9.78. The summed E-state index contributed by atoms with van der Waals surface area (Å²) in [6.45, 7) is 4.39. The van der Waals surface area contributed by atoms with E-state index >= 15 is 0 Å². The van der Waals surface area contributed by atoms with Crippen LogP contribution in [0, 0.1) is 18.8 Å². The molecule has 1 aliphatic rings. The normalized spacial score (nSPS) is 26.8. The van der Waals surface area contributed by atoms with Crippen molar-refractivity contribution in [1.82, 2.24) is 0 Å². The SMILES string of the molecule is Cc1cc(Br)ccc1C(O)C1CCC(C)CC1. The Labute approximate surface area is 112 Å². The van der Waals surface area contributed by atoms with E-state index in [4.69, 9.17) is 0 Å². The molecule has 2 rings (SSSR count). The third-order valence-electron chi connectivity index (χ3n) is 4.06. The standard InChI is InChI=1S/C15H21BrO/c1-10-3-5-12(6-4-10)15(17)14-8-7-13(16)9-11(14)2/h7-10,12,15,17H,3-6H2,1-2H3. The number of benzene rings is 1. The van der Waals surface area contributed by atoms with Crippen molar-refractivity contribution >= 4 is 15.9 Å². The van der Waals surface area contributed by atoms with Gasteiger partial charge >= 0.3 is 0 Å². The Morgan fingerprint density at radius 3 is 2.47 bits per heavy atom. The second-order valence-electron chi connectivity index (χ2n) is 5.47. The Kier molecular flexibility index (Phi) is 4.26. The van der Waals surface area contributed by atoms with E-state index in [9.17, 15) is 5.11 Å². The van der Waals surface area contributed by atoms with Crippen LogP contribution in [0.25, 0.3) is 0 Å². The molecule has 1 unspecified atom stereocenters. The minimum Gasteiger partial charge on any atom is -0.388 e. The minimum absolute atomic E-state index is 0.282. The molecule has 0 spiro atoms. The minimum atomic E-state index is -0.282. The van der Waals surface area contributed by atoms with E-state index < -0.39 is 0 Å². The molecule has 17 heavy (non-hydrogen) atoms. The highest BCUT2D eigenvalue weighted by Crippen LogP contribution is 2.37. The van der Waals surface area contributed by atoms with Crippen molar-refractivity contribution in [3.05, 3.63) is 33.8 Å². The quantitative estimate of drug-likeness (QED) is 0.844. The van der Waals surface area contributed by atoms with Gasteiger partial charge in [-0.05, 0) is 54.9 Å². The number of hydrogen-bond donors (Lipinski definition) is 1. The molecule has 0 aliphatic heterocycles. The van der Waals surface area contributed by atoms with Crippen LogP contribution in [0.15, 0.2) is 22.7 Å². The van der Waals surface area contributed by atoms with E-state index in [1.807, 2.05) is 6.07 Å². The number of aryl methyl sites for hydroxylation is 1. The molecular weight excluding hydrogens is 276 g/mol. The molecule has 2 heteroatoms. The maximum absolute atomic E-state index is 10.5. The topological polar surface area (TPSA) is 20.2 Å². The van der Waals surface area contributed by atoms with E-state index in [1.165, 1.54) is 18.4 Å². The summed E-state index contributed by atoms with van der Waals surface area (Å²) in [5.41, 5.74) is 2.29. The summed E-state index contributed by atoms with van der Waals surface area (Å²) in [5, 5.41) is 10.5. The van der Waals surface area contributed by atoms with Gasteiger partial charge in [-0.15, -0.1) is 0 Å². The average Bonchev–Trinajstić information content (AvgIpc) is 2.29. The molecule has 0 radical (unpaired) electrons. The van der Waals surface area contributed by atoms with Crippen LogP contribution in [0.4, 0.5) is 0 Å². The lowest BCUT2D eigenvalue weighted by Gasteiger charge is -2.30. The highest BCUT2D eigenvalue weighted by atomic mass is 79.9. The van der Waals surface area contributed by atoms with Gasteiger partial charge in [0.2, 0.25) is 0 Å². The largest absolute Gasteiger partial charge is 0.388 e. The van der Waals surface area contributed by atoms with Crippen LogP contribution in [0.2, 0.25) is 0 Å². The number of aliphatic hydroxyl groups excluding tert-OH is 1. The van der Waals surface area contributed by atoms with Gasteiger partial charge in [-0.3, -0.25) is 0 Å². The number of halogens is 1. The van der Waals surface area contributed by atoms with Gasteiger partial charge in [-0.1, -0.05) is 41.8 Å². The first-order valence-electron chi connectivity index (χ1n) is 6.52. The Morgan fingerprint density at radius 1 is 1.24 bits per heavy atom. The number of rotatable bonds is 2. The highest BCUT2D eigenvalue weighted by molar-refractivity contribution is 9.10. The van der Waals surface area contributed by atoms with Crippen molar-refractivity contribution in [2.24, 2.45) is 11.8 Å². The molecule has 0 amide bonds. The van der Waals surface area contributed by atoms with Crippen molar-refractivity contribution in [2.45, 2.75) is 45.6 Å². The summed E-state index contributed by atoms with van der Waals surface area (Å²) in [6.07, 6.45) is 4.57. The van der Waals surface area contributed by atoms with Gasteiger partial charge in [0, 0.05) is 4.47 Å². The van der Waals surface area contributed by atoms with Gasteiger partial charge < -0.3 is 5.11 Å². The van der Waals surface area contributed by atoms with Crippen molar-refractivity contribution in [3.63, 3.8) is 0 Å². The molecule has 1 fully saturated rings. The molecule has 1 aromatic rings. The zero-order valence-corrected chi connectivity index (χ0v) is 12.2. The van der Waals surface area contributed by atoms with Gasteiger partial charge in [-0.25, -0.2) is 0 Å². The number of hydrogen-bond acceptors (Lipinski definition) is 1. The second-order valence-corrected chi connectivity index (χ2v) is 6.38. The van der Waals surface area contributed by atoms with Crippen LogP contribution in [0.3, 0.4) is 0 Å². The van der Waals surface area contributed by atoms with Crippen molar-refractivity contribution in [2.75, 3.05) is 0 Å². The molecule has 1 saturated carbocycles. The third-order valence-corrected chi connectivity index (χ3v) is 4.55. The summed E-state index contributed by atoms with van der Waals surface area (Å²) < 4.78 is 1.09. The first kappa shape index (κ1) is 13.1. The van der Waals surface area contributed by atoms with Crippen LogP contribution >= 0.6 is 15.9 Å². The van der Waals surface area contributed by atoms with Crippen molar-refractivity contribution in [3.8, 4) is 0 Å². The van der Waals surface area contributed by atoms with Gasteiger partial charge in [-0.2, -0.15) is 0 Å². The molecule has 1 N–H and O–H groups in total. The molecule has 1 atom stereocenters. The van der Waals surface area contributed by atoms with E-state index in [-0.39, 0.29) is 6.10 Å². The first-order valence-corrected chi connectivity index (χ1v) is 7.31. The summed E-state index contributed by atoms with van der Waals surface area (Å²) in [4.78, 5) is 0. The fraction of sp³-hybridized carbons (Fsp3) is 0.600. The Morgan fingerprint density at radius 2 is 1.88 bits per heavy atom. The molecule has 1 aromatic carbocycles. The average molecular weight is 297 g/mol. The molecule has 0 saturated heterocycles. The zero-order valence-electron chi connectivity index (χ0n) is 10.6. The summed E-state index contributed by atoms with van der Waals surface area (Å²) in [6, 6.07) is 6.17. The fourth-order valence-electron chi connectivity index (χ4n) is 2.83. The highest BCUT2D eigenvalue weighted by Gasteiger charge is 2.26. The first-order chi connectivity index (χ1) is 8.08. The molecule has 1 aliphatic carbocycles. The van der Waals surface area contributed by atoms with E-state index in [2.05, 4.69) is 41.9 Å². The Balaban J connectivity index is 2.11. The third kappa shape index (κ3) is 3.11. The smallest absolute Gasteiger partial charge is 0.0820 e. The van der Waals surface area contributed by atoms with Crippen molar-refractivity contribution in [1.29, 1.82) is 0 Å². The second kappa shape index (κ2) is 5.53. The monoisotopic (exact) mass is 296 g/mol. The van der Waals surface area contributed by atoms with Crippen LogP contribution in [-0.2, 0) is 0 Å². The summed E-state index contributed by atoms with van der Waals surface area (Å²) in [7, 11) is 0. The van der Waals surface area contributed by atoms with E-state index in [1.54, 1.807) is 0 Å². The van der Waals surface area contributed by atoms with E-state index in [0.29, 0.717) is 5.92 Å². The predicted molar refractivity (Wildman–Crippen MR) is 75.0 cm³/mol. The molecule has 0 heterocycles. The molecule has 0 bridgehead atoms. The molecular formula is C15H21BrO. The zero-order chi connectivity index (χ0) is 12.4. The molecule has 1 nitrogen and oxygen atoms in total. The van der Waals surface area contributed by atoms with E-state index in [0.717, 1.165) is 28.8 Å². The maximum atomic E-state index is 10.5. The van der Waals surface area contributed by atoms with Crippen LogP contribution < -0.4 is 0 Å². The summed E-state index contributed by atoms with van der Waals surface area (Å²) >= 11 is 3.47. The van der Waals surface area contributed by atoms with Crippen LogP contribution in [-0.4, -0.2) is 5.11 Å². The van der Waals surface area contributed by atoms with Gasteiger partial charge in [0.25, 0.3) is 0 Å². The lowest BCUT2D eigenvalue weighted by Crippen LogP contribution is -2.19. The van der Waals surface area contributed by atoms with Gasteiger partial charge in [0.15, 0.2) is 0 Å². The van der Waals surface area contributed by atoms with Gasteiger partial charge in [0.1, 0.15) is 0 Å². The molecule has 94 valence electrons. The summed E-state index contributed by atoms with van der Waals surface area (Å²) in [5.74, 6) is 1.29. The van der Waals surface area contributed by atoms with Crippen LogP contribution in [0.1, 0.15) is 49.8 Å². The Bertz CT molecular complexity index is 381. The van der Waals surface area contributed by atoms with Gasteiger partial charge in [0.05, 0.1) is 6.10 Å². The fourth-order valence-corrected chi connectivity index (χ4v) is 3.30.